The Labute approximate surface area is 355 Å². The number of rotatable bonds is 29. The Morgan fingerprint density at radius 1 is 0.678 bits per heavy atom. The molecule has 0 aromatic heterocycles. The molecule has 4 rings (SSSR count). The second-order valence-electron chi connectivity index (χ2n) is 17.8. The van der Waals surface area contributed by atoms with E-state index in [1.54, 1.807) is 20.1 Å². The number of carbonyl (C=O) groups excluding carboxylic acids is 2. The summed E-state index contributed by atoms with van der Waals surface area (Å²) < 4.78 is 17.7. The van der Waals surface area contributed by atoms with Gasteiger partial charge in [-0.25, -0.2) is 0 Å². The molecular formula is C51H78O8. The molecule has 0 amide bonds. The second-order valence-corrected chi connectivity index (χ2v) is 17.8. The van der Waals surface area contributed by atoms with Crippen LogP contribution in [0, 0.1) is 12.8 Å². The number of fused-ring (bicyclic) bond motifs is 2. The van der Waals surface area contributed by atoms with Crippen LogP contribution in [0.15, 0.2) is 36.4 Å². The van der Waals surface area contributed by atoms with E-state index in [0.717, 1.165) is 40.1 Å². The number of Topliss-reactive ketones (excluding diaryl/α,β-unsaturated/α-hetero) is 2. The van der Waals surface area contributed by atoms with Crippen LogP contribution in [0.5, 0.6) is 11.5 Å². The van der Waals surface area contributed by atoms with Crippen LogP contribution in [0.25, 0.3) is 21.5 Å². The van der Waals surface area contributed by atoms with E-state index in [1.165, 1.54) is 116 Å². The van der Waals surface area contributed by atoms with Crippen LogP contribution in [-0.4, -0.2) is 64.7 Å². The van der Waals surface area contributed by atoms with Crippen molar-refractivity contribution in [3.63, 3.8) is 0 Å². The van der Waals surface area contributed by atoms with Crippen LogP contribution in [-0.2, 0) is 14.3 Å². The molecule has 0 spiro atoms. The Balaban J connectivity index is 1.28. The highest BCUT2D eigenvalue weighted by Gasteiger charge is 2.43. The molecule has 3 aromatic carbocycles. The maximum atomic E-state index is 14.3. The van der Waals surface area contributed by atoms with Gasteiger partial charge in [-0.15, -0.1) is 0 Å². The Bertz CT molecular complexity index is 1720. The molecule has 1 fully saturated rings. The standard InChI is InChI=1S/C51H78O8/c1-7-8-9-10-11-12-13-14-15-16-17-18-19-20-21-22-23-24-25-26-27-30-42(52)48(54)44(35(2)3)46-39-33-32-38(57-6)34-41(39)36(4)45-40(46)29-28-31-43(45)59-51-50(56)49(55)47(53)37(5)58-51/h28-29,31-35,37,44,47,49-51,53,55-56H,7-27,30H2,1-6H3. The zero-order chi connectivity index (χ0) is 42.7. The van der Waals surface area contributed by atoms with E-state index in [9.17, 15) is 24.9 Å². The highest BCUT2D eigenvalue weighted by Crippen LogP contribution is 2.44. The van der Waals surface area contributed by atoms with E-state index >= 15 is 0 Å². The van der Waals surface area contributed by atoms with Crippen molar-refractivity contribution in [2.24, 2.45) is 5.92 Å². The number of carbonyl (C=O) groups is 2. The van der Waals surface area contributed by atoms with Crippen molar-refractivity contribution in [2.45, 2.75) is 213 Å². The van der Waals surface area contributed by atoms with E-state index < -0.39 is 36.6 Å². The van der Waals surface area contributed by atoms with Crippen molar-refractivity contribution < 1.29 is 39.1 Å². The van der Waals surface area contributed by atoms with Crippen LogP contribution in [0.4, 0.5) is 0 Å². The van der Waals surface area contributed by atoms with Gasteiger partial charge in [0.2, 0.25) is 12.1 Å². The van der Waals surface area contributed by atoms with Gasteiger partial charge in [-0.05, 0) is 71.7 Å². The smallest absolute Gasteiger partial charge is 0.229 e. The van der Waals surface area contributed by atoms with E-state index in [4.69, 9.17) is 14.2 Å². The molecule has 0 saturated carbocycles. The number of hydrogen-bond acceptors (Lipinski definition) is 8. The molecule has 59 heavy (non-hydrogen) atoms. The maximum Gasteiger partial charge on any atom is 0.229 e. The fourth-order valence-corrected chi connectivity index (χ4v) is 9.07. The zero-order valence-corrected chi connectivity index (χ0v) is 37.4. The van der Waals surface area contributed by atoms with E-state index in [1.807, 2.05) is 51.1 Å². The van der Waals surface area contributed by atoms with Crippen molar-refractivity contribution in [1.29, 1.82) is 0 Å². The van der Waals surface area contributed by atoms with Crippen molar-refractivity contribution in [3.8, 4) is 11.5 Å². The predicted molar refractivity (Wildman–Crippen MR) is 241 cm³/mol. The first kappa shape index (κ1) is 48.6. The number of aliphatic hydroxyl groups is 3. The number of ether oxygens (including phenoxy) is 3. The first-order valence-corrected chi connectivity index (χ1v) is 23.5. The molecule has 1 heterocycles. The van der Waals surface area contributed by atoms with Gasteiger partial charge in [0.15, 0.2) is 5.78 Å². The topological polar surface area (TPSA) is 123 Å². The van der Waals surface area contributed by atoms with E-state index in [2.05, 4.69) is 6.92 Å². The van der Waals surface area contributed by atoms with Gasteiger partial charge in [0.1, 0.15) is 29.8 Å². The van der Waals surface area contributed by atoms with Crippen LogP contribution < -0.4 is 9.47 Å². The molecule has 8 nitrogen and oxygen atoms in total. The lowest BCUT2D eigenvalue weighted by Gasteiger charge is -2.39. The molecule has 6 atom stereocenters. The van der Waals surface area contributed by atoms with Gasteiger partial charge in [0, 0.05) is 11.8 Å². The van der Waals surface area contributed by atoms with Gasteiger partial charge in [-0.1, -0.05) is 167 Å². The Hall–Kier alpha value is -3.04. The fourth-order valence-electron chi connectivity index (χ4n) is 9.07. The minimum Gasteiger partial charge on any atom is -0.497 e. The third-order valence-electron chi connectivity index (χ3n) is 12.7. The third kappa shape index (κ3) is 14.0. The first-order chi connectivity index (χ1) is 28.5. The van der Waals surface area contributed by atoms with E-state index in [-0.39, 0.29) is 23.9 Å². The summed E-state index contributed by atoms with van der Waals surface area (Å²) in [5, 5.41) is 34.7. The lowest BCUT2D eigenvalue weighted by Crippen LogP contribution is -2.58. The third-order valence-corrected chi connectivity index (χ3v) is 12.7. The van der Waals surface area contributed by atoms with Gasteiger partial charge in [0.25, 0.3) is 0 Å². The Morgan fingerprint density at radius 3 is 1.71 bits per heavy atom. The fraction of sp³-hybridized carbons (Fsp3) is 0.686. The number of aliphatic hydroxyl groups excluding tert-OH is 3. The summed E-state index contributed by atoms with van der Waals surface area (Å²) in [5.74, 6) is -0.525. The summed E-state index contributed by atoms with van der Waals surface area (Å²) in [7, 11) is 1.61. The van der Waals surface area contributed by atoms with Crippen molar-refractivity contribution in [1.82, 2.24) is 0 Å². The highest BCUT2D eigenvalue weighted by atomic mass is 16.7. The van der Waals surface area contributed by atoms with Crippen LogP contribution in [0.3, 0.4) is 0 Å². The van der Waals surface area contributed by atoms with Gasteiger partial charge < -0.3 is 29.5 Å². The number of hydrogen-bond donors (Lipinski definition) is 3. The van der Waals surface area contributed by atoms with Crippen molar-refractivity contribution >= 4 is 33.1 Å². The number of unbranched alkanes of at least 4 members (excludes halogenated alkanes) is 20. The maximum absolute atomic E-state index is 14.3. The number of benzene rings is 3. The molecule has 1 aliphatic rings. The van der Waals surface area contributed by atoms with Crippen LogP contribution in [0.2, 0.25) is 0 Å². The lowest BCUT2D eigenvalue weighted by atomic mass is 9.77. The largest absolute Gasteiger partial charge is 0.497 e. The minimum absolute atomic E-state index is 0.173. The molecular weight excluding hydrogens is 741 g/mol. The number of ketones is 2. The van der Waals surface area contributed by atoms with Crippen LogP contribution in [0.1, 0.15) is 186 Å². The summed E-state index contributed by atoms with van der Waals surface area (Å²) in [4.78, 5) is 27.9. The molecule has 0 bridgehead atoms. The Morgan fingerprint density at radius 2 is 1.20 bits per heavy atom. The van der Waals surface area contributed by atoms with Gasteiger partial charge in [-0.3, -0.25) is 9.59 Å². The van der Waals surface area contributed by atoms with Crippen molar-refractivity contribution in [3.05, 3.63) is 47.5 Å². The molecule has 0 radical (unpaired) electrons. The number of aryl methyl sites for hydroxylation is 1. The van der Waals surface area contributed by atoms with Crippen molar-refractivity contribution in [2.75, 3.05) is 7.11 Å². The van der Waals surface area contributed by atoms with Gasteiger partial charge in [0.05, 0.1) is 19.1 Å². The summed E-state index contributed by atoms with van der Waals surface area (Å²) in [6.07, 6.45) is 21.3. The molecule has 8 heteroatoms. The monoisotopic (exact) mass is 819 g/mol. The molecule has 3 aromatic rings. The summed E-state index contributed by atoms with van der Waals surface area (Å²) in [6, 6.07) is 11.3. The zero-order valence-electron chi connectivity index (χ0n) is 37.4. The normalized spacial score (nSPS) is 20.1. The molecule has 0 aliphatic carbocycles. The SMILES string of the molecule is CCCCCCCCCCCCCCCCCCCCCCCC(=O)C(=O)C(c1c2ccc(OC)cc2c(C)c2c(OC3OC(C)C(O)C(O)C3O)cccc12)C(C)C. The summed E-state index contributed by atoms with van der Waals surface area (Å²) >= 11 is 0. The minimum atomic E-state index is -1.49. The average molecular weight is 819 g/mol. The molecule has 330 valence electrons. The average Bonchev–Trinajstić information content (AvgIpc) is 3.23. The quantitative estimate of drug-likeness (QED) is 0.0359. The van der Waals surface area contributed by atoms with Gasteiger partial charge in [-0.2, -0.15) is 0 Å². The molecule has 1 saturated heterocycles. The Kier molecular flexibility index (Phi) is 21.2. The van der Waals surface area contributed by atoms with Gasteiger partial charge >= 0.3 is 0 Å². The molecule has 1 aliphatic heterocycles. The number of methoxy groups -OCH3 is 1. The predicted octanol–water partition coefficient (Wildman–Crippen LogP) is 12.0. The highest BCUT2D eigenvalue weighted by molar-refractivity contribution is 6.40. The summed E-state index contributed by atoms with van der Waals surface area (Å²) in [6.45, 7) is 9.83. The lowest BCUT2D eigenvalue weighted by molar-refractivity contribution is -0.267. The second kappa shape index (κ2) is 25.7. The molecule has 3 N–H and O–H groups in total. The molecule has 6 unspecified atom stereocenters. The van der Waals surface area contributed by atoms with Crippen LogP contribution >= 0.6 is 0 Å². The summed E-state index contributed by atoms with van der Waals surface area (Å²) in [5.41, 5.74) is 1.63. The van der Waals surface area contributed by atoms with E-state index in [0.29, 0.717) is 23.3 Å². The first-order valence-electron chi connectivity index (χ1n) is 23.5.